The van der Waals surface area contributed by atoms with Gasteiger partial charge < -0.3 is 9.84 Å². The number of nitrogens with zero attached hydrogens (tertiary/aromatic N) is 2. The summed E-state index contributed by atoms with van der Waals surface area (Å²) in [6, 6.07) is 8.43. The zero-order valence-corrected chi connectivity index (χ0v) is 9.61. The van der Waals surface area contributed by atoms with E-state index in [0.29, 0.717) is 18.9 Å². The molecule has 1 aromatic carbocycles. The predicted molar refractivity (Wildman–Crippen MR) is 64.6 cm³/mol. The van der Waals surface area contributed by atoms with Crippen molar-refractivity contribution in [2.45, 2.75) is 6.42 Å². The van der Waals surface area contributed by atoms with Crippen LogP contribution in [0, 0.1) is 0 Å². The van der Waals surface area contributed by atoms with Gasteiger partial charge in [0.05, 0.1) is 12.2 Å². The fourth-order valence-electron chi connectivity index (χ4n) is 1.45. The predicted octanol–water partition coefficient (Wildman–Crippen LogP) is 1.80. The van der Waals surface area contributed by atoms with Crippen molar-refractivity contribution in [2.75, 3.05) is 6.61 Å². The average Bonchev–Trinajstić information content (AvgIpc) is 2.40. The third kappa shape index (κ3) is 3.28. The van der Waals surface area contributed by atoms with Crippen molar-refractivity contribution >= 4 is 5.97 Å². The molecule has 0 spiro atoms. The highest BCUT2D eigenvalue weighted by Crippen LogP contribution is 2.07. The van der Waals surface area contributed by atoms with Gasteiger partial charge in [-0.15, -0.1) is 0 Å². The van der Waals surface area contributed by atoms with Gasteiger partial charge in [0, 0.05) is 18.7 Å². The van der Waals surface area contributed by atoms with Crippen LogP contribution in [0.3, 0.4) is 0 Å². The molecule has 1 N–H and O–H groups in total. The van der Waals surface area contributed by atoms with Gasteiger partial charge in [0.1, 0.15) is 6.33 Å². The van der Waals surface area contributed by atoms with Crippen molar-refractivity contribution in [3.8, 4) is 5.88 Å². The van der Waals surface area contributed by atoms with Crippen molar-refractivity contribution in [1.82, 2.24) is 9.97 Å². The normalized spacial score (nSPS) is 10.0. The number of rotatable bonds is 5. The average molecular weight is 244 g/mol. The molecule has 0 bridgehead atoms. The molecule has 0 saturated heterocycles. The molecule has 1 aromatic heterocycles. The van der Waals surface area contributed by atoms with Crippen LogP contribution in [0.15, 0.2) is 42.9 Å². The maximum Gasteiger partial charge on any atom is 0.335 e. The third-order valence-electron chi connectivity index (χ3n) is 2.40. The number of benzene rings is 1. The van der Waals surface area contributed by atoms with Gasteiger partial charge in [-0.2, -0.15) is 0 Å². The Bertz CT molecular complexity index is 512. The maximum atomic E-state index is 10.7. The molecule has 5 nitrogen and oxygen atoms in total. The minimum Gasteiger partial charge on any atom is -0.478 e. The van der Waals surface area contributed by atoms with E-state index in [1.165, 1.54) is 6.33 Å². The van der Waals surface area contributed by atoms with E-state index in [9.17, 15) is 4.79 Å². The molecular formula is C13H12N2O3. The van der Waals surface area contributed by atoms with Crippen molar-refractivity contribution in [3.63, 3.8) is 0 Å². The molecule has 18 heavy (non-hydrogen) atoms. The zero-order valence-electron chi connectivity index (χ0n) is 9.61. The van der Waals surface area contributed by atoms with E-state index in [2.05, 4.69) is 9.97 Å². The number of aromatic nitrogens is 2. The Kier molecular flexibility index (Phi) is 3.86. The Balaban J connectivity index is 1.85. The first-order valence-corrected chi connectivity index (χ1v) is 5.47. The van der Waals surface area contributed by atoms with E-state index in [1.807, 2.05) is 0 Å². The van der Waals surface area contributed by atoms with Crippen LogP contribution in [-0.2, 0) is 6.42 Å². The second kappa shape index (κ2) is 5.77. The first-order valence-electron chi connectivity index (χ1n) is 5.47. The number of carboxylic acid groups (broad SMARTS) is 1. The fourth-order valence-corrected chi connectivity index (χ4v) is 1.45. The molecule has 5 heteroatoms. The van der Waals surface area contributed by atoms with Gasteiger partial charge in [-0.25, -0.2) is 14.8 Å². The first-order chi connectivity index (χ1) is 8.75. The number of hydrogen-bond acceptors (Lipinski definition) is 4. The summed E-state index contributed by atoms with van der Waals surface area (Å²) in [5, 5.41) is 8.76. The first kappa shape index (κ1) is 12.0. The molecule has 0 aliphatic rings. The summed E-state index contributed by atoms with van der Waals surface area (Å²) in [4.78, 5) is 18.4. The maximum absolute atomic E-state index is 10.7. The van der Waals surface area contributed by atoms with Crippen LogP contribution >= 0.6 is 0 Å². The fraction of sp³-hybridized carbons (Fsp3) is 0.154. The van der Waals surface area contributed by atoms with Crippen LogP contribution in [0.1, 0.15) is 15.9 Å². The highest BCUT2D eigenvalue weighted by Gasteiger charge is 2.02. The summed E-state index contributed by atoms with van der Waals surface area (Å²) < 4.78 is 5.42. The molecule has 0 aliphatic carbocycles. The van der Waals surface area contributed by atoms with Gasteiger partial charge in [-0.1, -0.05) is 12.1 Å². The van der Waals surface area contributed by atoms with Crippen LogP contribution in [0.5, 0.6) is 5.88 Å². The van der Waals surface area contributed by atoms with Gasteiger partial charge in [0.15, 0.2) is 0 Å². The summed E-state index contributed by atoms with van der Waals surface area (Å²) >= 11 is 0. The molecule has 0 unspecified atom stereocenters. The van der Waals surface area contributed by atoms with E-state index in [0.717, 1.165) is 5.56 Å². The quantitative estimate of drug-likeness (QED) is 0.868. The molecule has 0 atom stereocenters. The Hall–Kier alpha value is -2.43. The van der Waals surface area contributed by atoms with Crippen LogP contribution < -0.4 is 4.74 Å². The number of carbonyl (C=O) groups is 1. The monoisotopic (exact) mass is 244 g/mol. The molecule has 2 rings (SSSR count). The van der Waals surface area contributed by atoms with Crippen molar-refractivity contribution in [3.05, 3.63) is 54.0 Å². The largest absolute Gasteiger partial charge is 0.478 e. The zero-order chi connectivity index (χ0) is 12.8. The SMILES string of the molecule is O=C(O)c1ccc(CCOc2ccncn2)cc1. The standard InChI is InChI=1S/C13H12N2O3/c16-13(17)11-3-1-10(2-4-11)6-8-18-12-5-7-14-9-15-12/h1-5,7,9H,6,8H2,(H,16,17). The molecule has 0 aliphatic heterocycles. The molecule has 0 amide bonds. The minimum atomic E-state index is -0.918. The van der Waals surface area contributed by atoms with Gasteiger partial charge in [-0.05, 0) is 17.7 Å². The molecule has 0 fully saturated rings. The lowest BCUT2D eigenvalue weighted by Gasteiger charge is -2.04. The number of ether oxygens (including phenoxy) is 1. The lowest BCUT2D eigenvalue weighted by atomic mass is 10.1. The summed E-state index contributed by atoms with van der Waals surface area (Å²) in [5.74, 6) is -0.383. The molecule has 2 aromatic rings. The smallest absolute Gasteiger partial charge is 0.335 e. The van der Waals surface area contributed by atoms with Crippen LogP contribution in [0.25, 0.3) is 0 Å². The van der Waals surface area contributed by atoms with E-state index < -0.39 is 5.97 Å². The highest BCUT2D eigenvalue weighted by atomic mass is 16.5. The Morgan fingerprint density at radius 1 is 1.22 bits per heavy atom. The lowest BCUT2D eigenvalue weighted by molar-refractivity contribution is 0.0697. The summed E-state index contributed by atoms with van der Waals surface area (Å²) in [6.07, 6.45) is 3.74. The molecule has 0 saturated carbocycles. The van der Waals surface area contributed by atoms with E-state index >= 15 is 0 Å². The van der Waals surface area contributed by atoms with Crippen LogP contribution in [-0.4, -0.2) is 27.7 Å². The van der Waals surface area contributed by atoms with Crippen LogP contribution in [0.2, 0.25) is 0 Å². The molecule has 92 valence electrons. The van der Waals surface area contributed by atoms with Crippen molar-refractivity contribution < 1.29 is 14.6 Å². The second-order valence-corrected chi connectivity index (χ2v) is 3.65. The number of aromatic carboxylic acids is 1. The third-order valence-corrected chi connectivity index (χ3v) is 2.40. The van der Waals surface area contributed by atoms with E-state index in [-0.39, 0.29) is 5.56 Å². The summed E-state index contributed by atoms with van der Waals surface area (Å²) in [5.41, 5.74) is 1.31. The van der Waals surface area contributed by atoms with Gasteiger partial charge in [0.2, 0.25) is 5.88 Å². The summed E-state index contributed by atoms with van der Waals surface area (Å²) in [6.45, 7) is 0.490. The van der Waals surface area contributed by atoms with E-state index in [1.54, 1.807) is 36.5 Å². The number of hydrogen-bond donors (Lipinski definition) is 1. The minimum absolute atomic E-state index is 0.287. The van der Waals surface area contributed by atoms with Crippen LogP contribution in [0.4, 0.5) is 0 Å². The van der Waals surface area contributed by atoms with Gasteiger partial charge >= 0.3 is 5.97 Å². The van der Waals surface area contributed by atoms with Crippen molar-refractivity contribution in [2.24, 2.45) is 0 Å². The topological polar surface area (TPSA) is 72.3 Å². The highest BCUT2D eigenvalue weighted by molar-refractivity contribution is 5.87. The van der Waals surface area contributed by atoms with Gasteiger partial charge in [-0.3, -0.25) is 0 Å². The van der Waals surface area contributed by atoms with Crippen molar-refractivity contribution in [1.29, 1.82) is 0 Å². The Morgan fingerprint density at radius 3 is 2.61 bits per heavy atom. The Labute approximate surface area is 104 Å². The lowest BCUT2D eigenvalue weighted by Crippen LogP contribution is -2.03. The molecule has 0 radical (unpaired) electrons. The number of carboxylic acids is 1. The molecule has 1 heterocycles. The second-order valence-electron chi connectivity index (χ2n) is 3.65. The molecular weight excluding hydrogens is 232 g/mol. The Morgan fingerprint density at radius 2 is 2.00 bits per heavy atom. The van der Waals surface area contributed by atoms with E-state index in [4.69, 9.17) is 9.84 Å². The van der Waals surface area contributed by atoms with Gasteiger partial charge in [0.25, 0.3) is 0 Å². The summed E-state index contributed by atoms with van der Waals surface area (Å²) in [7, 11) is 0.